The van der Waals surface area contributed by atoms with Gasteiger partial charge in [0, 0.05) is 57.5 Å². The van der Waals surface area contributed by atoms with Crippen molar-refractivity contribution in [1.29, 1.82) is 0 Å². The van der Waals surface area contributed by atoms with Crippen LogP contribution < -0.4 is 42.5 Å². The third-order valence-electron chi connectivity index (χ3n) is 9.37. The number of phenols is 1. The number of alkyl carbamates (subject to hydrolysis) is 4. The van der Waals surface area contributed by atoms with Crippen molar-refractivity contribution in [3.05, 3.63) is 53.1 Å². The first-order valence-corrected chi connectivity index (χ1v) is 23.0. The summed E-state index contributed by atoms with van der Waals surface area (Å²) in [6.07, 6.45) is -5.94. The average Bonchev–Trinajstić information content (AvgIpc) is 3.20. The molecule has 0 saturated heterocycles. The molecule has 10 N–H and O–H groups in total. The zero-order chi connectivity index (χ0) is 52.8. The number of phenolic OH excluding ortho intramolecular Hbond substituents is 1. The Morgan fingerprint density at radius 2 is 1.13 bits per heavy atom. The van der Waals surface area contributed by atoms with Crippen LogP contribution in [0.3, 0.4) is 0 Å². The molecule has 4 bridgehead atoms. The first-order chi connectivity index (χ1) is 32.3. The molecule has 1 aliphatic heterocycles. The van der Waals surface area contributed by atoms with E-state index in [1.807, 2.05) is 0 Å². The summed E-state index contributed by atoms with van der Waals surface area (Å²) in [6.45, 7) is 19.3. The lowest BCUT2D eigenvalue weighted by molar-refractivity contribution is -0.133. The predicted molar refractivity (Wildman–Crippen MR) is 257 cm³/mol. The Morgan fingerprint density at radius 3 is 1.69 bits per heavy atom. The van der Waals surface area contributed by atoms with E-state index in [1.165, 1.54) is 12.1 Å². The van der Waals surface area contributed by atoms with Crippen LogP contribution in [0.2, 0.25) is 0 Å². The number of fused-ring (bicyclic) bond motifs is 5. The van der Waals surface area contributed by atoms with E-state index in [1.54, 1.807) is 107 Å². The lowest BCUT2D eigenvalue weighted by Gasteiger charge is -2.28. The van der Waals surface area contributed by atoms with Crippen molar-refractivity contribution in [3.63, 3.8) is 0 Å². The van der Waals surface area contributed by atoms with Gasteiger partial charge in [0.2, 0.25) is 17.7 Å². The normalized spacial score (nSPS) is 17.1. The highest BCUT2D eigenvalue weighted by atomic mass is 16.6. The summed E-state index contributed by atoms with van der Waals surface area (Å²) >= 11 is 0. The molecule has 70 heavy (non-hydrogen) atoms. The van der Waals surface area contributed by atoms with E-state index in [0.717, 1.165) is 0 Å². The number of ether oxygens (including phenoxy) is 4. The van der Waals surface area contributed by atoms with Gasteiger partial charge in [-0.05, 0) is 130 Å². The molecule has 1 aliphatic rings. The molecule has 22 heteroatoms. The molecule has 0 saturated carbocycles. The van der Waals surface area contributed by atoms with Crippen molar-refractivity contribution in [2.75, 3.05) is 32.7 Å². The van der Waals surface area contributed by atoms with Crippen LogP contribution in [-0.2, 0) is 46.2 Å². The Kier molecular flexibility index (Phi) is 20.2. The fourth-order valence-electron chi connectivity index (χ4n) is 6.55. The second kappa shape index (κ2) is 24.6. The second-order valence-corrected chi connectivity index (χ2v) is 20.7. The second-order valence-electron chi connectivity index (χ2n) is 20.7. The maximum atomic E-state index is 14.5. The number of hydrogen-bond acceptors (Lipinski definition) is 14. The molecule has 0 fully saturated rings. The first-order valence-electron chi connectivity index (χ1n) is 23.0. The summed E-state index contributed by atoms with van der Waals surface area (Å²) in [5.74, 6) is -3.51. The van der Waals surface area contributed by atoms with Crippen LogP contribution in [0.25, 0.3) is 11.1 Å². The number of carbonyl (C=O) groups excluding carboxylic acids is 8. The SMILES string of the molecule is CC(C)(C)OC(=O)NCCNC(=O)c1cc2cc(c1)-c1ccc(O)c(c1)C[C@H](NC(=O)OC(C)(C)C)C(=O)N[C@@H](C[C@@H](O)CNC(=O)OC(C)(C)C)C(=O)N[C@H](C(=O)NCCNC(=O)OC(C)(C)C)C2. The monoisotopic (exact) mass is 985 g/mol. The molecule has 2 aromatic carbocycles. The molecule has 0 radical (unpaired) electrons. The summed E-state index contributed by atoms with van der Waals surface area (Å²) < 4.78 is 21.2. The minimum absolute atomic E-state index is 0.00693. The first kappa shape index (κ1) is 57.5. The van der Waals surface area contributed by atoms with Crippen LogP contribution in [0.1, 0.15) is 111 Å². The van der Waals surface area contributed by atoms with Crippen LogP contribution in [0, 0.1) is 0 Å². The van der Waals surface area contributed by atoms with E-state index in [9.17, 15) is 48.6 Å². The summed E-state index contributed by atoms with van der Waals surface area (Å²) in [6, 6.07) is 4.59. The van der Waals surface area contributed by atoms with E-state index in [4.69, 9.17) is 18.9 Å². The number of carbonyl (C=O) groups is 8. The third kappa shape index (κ3) is 21.6. The van der Waals surface area contributed by atoms with Gasteiger partial charge < -0.3 is 71.7 Å². The number of aromatic hydroxyl groups is 1. The summed E-state index contributed by atoms with van der Waals surface area (Å²) in [4.78, 5) is 107. The van der Waals surface area contributed by atoms with E-state index in [0.29, 0.717) is 16.7 Å². The van der Waals surface area contributed by atoms with Crippen LogP contribution in [0.4, 0.5) is 19.2 Å². The van der Waals surface area contributed by atoms with Gasteiger partial charge in [0.15, 0.2) is 0 Å². The van der Waals surface area contributed by atoms with Crippen molar-refractivity contribution in [2.24, 2.45) is 0 Å². The van der Waals surface area contributed by atoms with Gasteiger partial charge in [-0.2, -0.15) is 0 Å². The maximum Gasteiger partial charge on any atom is 0.408 e. The number of amides is 8. The summed E-state index contributed by atoms with van der Waals surface area (Å²) in [5.41, 5.74) is -1.92. The predicted octanol–water partition coefficient (Wildman–Crippen LogP) is 3.19. The lowest BCUT2D eigenvalue weighted by Crippen LogP contribution is -2.58. The quantitative estimate of drug-likeness (QED) is 0.102. The molecular weight excluding hydrogens is 913 g/mol. The Balaban J connectivity index is 2.15. The molecule has 3 rings (SSSR count). The fourth-order valence-corrected chi connectivity index (χ4v) is 6.55. The van der Waals surface area contributed by atoms with Crippen molar-refractivity contribution < 1.29 is 67.5 Å². The van der Waals surface area contributed by atoms with E-state index in [2.05, 4.69) is 42.5 Å². The van der Waals surface area contributed by atoms with Gasteiger partial charge in [-0.1, -0.05) is 12.1 Å². The topological polar surface area (TPSA) is 310 Å². The van der Waals surface area contributed by atoms with Crippen molar-refractivity contribution in [2.45, 2.75) is 149 Å². The summed E-state index contributed by atoms with van der Waals surface area (Å²) in [5, 5.41) is 43.0. The third-order valence-corrected chi connectivity index (χ3v) is 9.37. The van der Waals surface area contributed by atoms with Crippen LogP contribution >= 0.6 is 0 Å². The Morgan fingerprint density at radius 1 is 0.614 bits per heavy atom. The molecule has 0 aliphatic carbocycles. The number of rotatable bonds is 13. The van der Waals surface area contributed by atoms with Gasteiger partial charge in [-0.25, -0.2) is 19.2 Å². The van der Waals surface area contributed by atoms with Crippen LogP contribution in [0.15, 0.2) is 36.4 Å². The van der Waals surface area contributed by atoms with Gasteiger partial charge in [0.25, 0.3) is 5.91 Å². The Labute approximate surface area is 408 Å². The molecule has 2 aromatic rings. The van der Waals surface area contributed by atoms with Gasteiger partial charge in [0.1, 0.15) is 46.3 Å². The Bertz CT molecular complexity index is 2210. The highest BCUT2D eigenvalue weighted by Gasteiger charge is 2.34. The smallest absolute Gasteiger partial charge is 0.408 e. The molecule has 0 unspecified atom stereocenters. The number of aliphatic hydroxyl groups is 1. The molecule has 388 valence electrons. The average molecular weight is 985 g/mol. The number of aliphatic hydroxyl groups excluding tert-OH is 1. The molecule has 1 heterocycles. The zero-order valence-corrected chi connectivity index (χ0v) is 42.2. The fraction of sp³-hybridized carbons (Fsp3) is 0.583. The number of benzene rings is 2. The zero-order valence-electron chi connectivity index (χ0n) is 42.2. The van der Waals surface area contributed by atoms with Crippen molar-refractivity contribution >= 4 is 48.0 Å². The number of nitrogens with one attached hydrogen (secondary N) is 8. The molecule has 8 amide bonds. The molecule has 22 nitrogen and oxygen atoms in total. The highest BCUT2D eigenvalue weighted by Crippen LogP contribution is 2.30. The van der Waals surface area contributed by atoms with Crippen molar-refractivity contribution in [3.8, 4) is 16.9 Å². The van der Waals surface area contributed by atoms with E-state index in [-0.39, 0.29) is 55.9 Å². The van der Waals surface area contributed by atoms with Gasteiger partial charge in [0.05, 0.1) is 6.10 Å². The van der Waals surface area contributed by atoms with E-state index >= 15 is 0 Å². The highest BCUT2D eigenvalue weighted by molar-refractivity contribution is 5.97. The largest absolute Gasteiger partial charge is 0.508 e. The molecule has 4 atom stereocenters. The molecule has 0 aromatic heterocycles. The Hall–Kier alpha value is -6.84. The van der Waals surface area contributed by atoms with Crippen molar-refractivity contribution in [1.82, 2.24) is 42.5 Å². The molecular formula is C48H72N8O14. The minimum atomic E-state index is -1.64. The van der Waals surface area contributed by atoms with E-state index < -0.39 is 108 Å². The van der Waals surface area contributed by atoms with Crippen LogP contribution in [0.5, 0.6) is 5.75 Å². The number of hydrogen-bond donors (Lipinski definition) is 10. The maximum absolute atomic E-state index is 14.5. The van der Waals surface area contributed by atoms with Crippen LogP contribution in [-0.4, -0.2) is 138 Å². The van der Waals surface area contributed by atoms with Gasteiger partial charge in [-0.3, -0.25) is 19.2 Å². The summed E-state index contributed by atoms with van der Waals surface area (Å²) in [7, 11) is 0. The standard InChI is InChI=1S/C48H72N8O14/c1-45(2,3)67-41(63)51-17-15-49-37(59)31-20-27-19-29(23-31)28-13-14-36(58)30(22-28)24-34(56-44(66)70-48(10,11)12)39(61)55-35(25-32(57)26-53-43(65)69-47(7,8)9)40(62)54-33(21-27)38(60)50-16-18-52-42(64)68-46(4,5)6/h13-14,19-20,22-23,32-35,57-58H,15-18,21,24-26H2,1-12H3,(H,49,59)(H,50,60)(H,51,63)(H,52,64)(H,53,65)(H,54,62)(H,55,61)(H,56,66)/t32-,33+,34+,35+/m1/s1. The minimum Gasteiger partial charge on any atom is -0.508 e. The van der Waals surface area contributed by atoms with Gasteiger partial charge >= 0.3 is 24.4 Å². The lowest BCUT2D eigenvalue weighted by atomic mass is 9.93. The molecule has 0 spiro atoms. The van der Waals surface area contributed by atoms with Gasteiger partial charge in [-0.15, -0.1) is 0 Å².